The Kier molecular flexibility index (Phi) is 4.40. The zero-order valence-corrected chi connectivity index (χ0v) is 11.7. The minimum atomic E-state index is -0.197. The van der Waals surface area contributed by atoms with E-state index >= 15 is 0 Å². The van der Waals surface area contributed by atoms with Crippen LogP contribution in [0.3, 0.4) is 0 Å². The molecule has 0 unspecified atom stereocenters. The van der Waals surface area contributed by atoms with Crippen LogP contribution in [0, 0.1) is 5.92 Å². The molecule has 2 heterocycles. The van der Waals surface area contributed by atoms with Crippen LogP contribution in [-0.2, 0) is 6.54 Å². The molecule has 1 saturated heterocycles. The molecule has 4 nitrogen and oxygen atoms in total. The predicted molar refractivity (Wildman–Crippen MR) is 72.3 cm³/mol. The van der Waals surface area contributed by atoms with Crippen molar-refractivity contribution in [3.63, 3.8) is 0 Å². The zero-order chi connectivity index (χ0) is 13.1. The molecule has 0 saturated carbocycles. The summed E-state index contributed by atoms with van der Waals surface area (Å²) in [5.74, 6) is 1.55. The molecule has 18 heavy (non-hydrogen) atoms. The maximum atomic E-state index is 9.72. The summed E-state index contributed by atoms with van der Waals surface area (Å²) in [7, 11) is 0. The molecule has 0 aliphatic carbocycles. The molecule has 4 heteroatoms. The monoisotopic (exact) mass is 251 g/mol. The van der Waals surface area contributed by atoms with Crippen LogP contribution in [-0.4, -0.2) is 38.8 Å². The first-order valence-corrected chi connectivity index (χ1v) is 7.00. The first kappa shape index (κ1) is 13.6. The van der Waals surface area contributed by atoms with Crippen molar-refractivity contribution in [2.45, 2.75) is 52.3 Å². The van der Waals surface area contributed by atoms with Gasteiger partial charge >= 0.3 is 0 Å². The molecular weight excluding hydrogens is 226 g/mol. The number of aliphatic hydroxyl groups is 1. The summed E-state index contributed by atoms with van der Waals surface area (Å²) in [6.45, 7) is 9.27. The Morgan fingerprint density at radius 2 is 2.22 bits per heavy atom. The minimum Gasteiger partial charge on any atom is -0.393 e. The van der Waals surface area contributed by atoms with Crippen LogP contribution < -0.4 is 0 Å². The van der Waals surface area contributed by atoms with E-state index in [0.717, 1.165) is 31.9 Å². The number of likely N-dealkylation sites (tertiary alicyclic amines) is 1. The van der Waals surface area contributed by atoms with Crippen LogP contribution in [0.1, 0.15) is 45.5 Å². The first-order valence-electron chi connectivity index (χ1n) is 7.00. The third-order valence-electron chi connectivity index (χ3n) is 3.89. The normalized spacial score (nSPS) is 23.5. The first-order chi connectivity index (χ1) is 8.58. The molecule has 0 spiro atoms. The molecular formula is C14H25N3O. The van der Waals surface area contributed by atoms with Crippen LogP contribution >= 0.6 is 0 Å². The van der Waals surface area contributed by atoms with Crippen molar-refractivity contribution in [3.8, 4) is 0 Å². The van der Waals surface area contributed by atoms with Crippen molar-refractivity contribution in [2.75, 3.05) is 13.1 Å². The highest BCUT2D eigenvalue weighted by molar-refractivity contribution is 4.95. The van der Waals surface area contributed by atoms with E-state index in [2.05, 4.69) is 34.5 Å². The number of hydrogen-bond donors (Lipinski definition) is 1. The topological polar surface area (TPSA) is 41.3 Å². The molecule has 2 atom stereocenters. The fraction of sp³-hybridized carbons (Fsp3) is 0.786. The van der Waals surface area contributed by atoms with Gasteiger partial charge in [-0.15, -0.1) is 0 Å². The SMILES string of the molecule is CC(C)n1ccnc1CN1CCC[C@@H]([C@H](C)O)C1. The number of hydrogen-bond acceptors (Lipinski definition) is 3. The van der Waals surface area contributed by atoms with Gasteiger partial charge in [0.2, 0.25) is 0 Å². The van der Waals surface area contributed by atoms with E-state index in [1.807, 2.05) is 13.1 Å². The van der Waals surface area contributed by atoms with E-state index in [1.165, 1.54) is 6.42 Å². The van der Waals surface area contributed by atoms with Gasteiger partial charge in [-0.2, -0.15) is 0 Å². The quantitative estimate of drug-likeness (QED) is 0.890. The molecule has 1 aromatic heterocycles. The van der Waals surface area contributed by atoms with Crippen molar-refractivity contribution in [1.82, 2.24) is 14.5 Å². The van der Waals surface area contributed by atoms with Crippen molar-refractivity contribution in [2.24, 2.45) is 5.92 Å². The minimum absolute atomic E-state index is 0.197. The van der Waals surface area contributed by atoms with Gasteiger partial charge in [-0.1, -0.05) is 0 Å². The highest BCUT2D eigenvalue weighted by Crippen LogP contribution is 2.21. The molecule has 1 aliphatic heterocycles. The van der Waals surface area contributed by atoms with E-state index in [-0.39, 0.29) is 6.10 Å². The number of imidazole rings is 1. The lowest BCUT2D eigenvalue weighted by Crippen LogP contribution is -2.39. The van der Waals surface area contributed by atoms with Crippen LogP contribution in [0.15, 0.2) is 12.4 Å². The third-order valence-corrected chi connectivity index (χ3v) is 3.89. The largest absolute Gasteiger partial charge is 0.393 e. The average molecular weight is 251 g/mol. The highest BCUT2D eigenvalue weighted by atomic mass is 16.3. The van der Waals surface area contributed by atoms with Crippen LogP contribution in [0.2, 0.25) is 0 Å². The number of aromatic nitrogens is 2. The Morgan fingerprint density at radius 3 is 2.89 bits per heavy atom. The van der Waals surface area contributed by atoms with Gasteiger partial charge in [0.15, 0.2) is 0 Å². The van der Waals surface area contributed by atoms with Crippen molar-refractivity contribution >= 4 is 0 Å². The molecule has 0 aromatic carbocycles. The molecule has 0 bridgehead atoms. The second-order valence-corrected chi connectivity index (χ2v) is 5.72. The van der Waals surface area contributed by atoms with E-state index in [9.17, 15) is 5.11 Å². The Hall–Kier alpha value is -0.870. The lowest BCUT2D eigenvalue weighted by atomic mass is 9.93. The lowest BCUT2D eigenvalue weighted by Gasteiger charge is -2.34. The molecule has 1 aromatic rings. The van der Waals surface area contributed by atoms with Gasteiger partial charge in [-0.05, 0) is 46.1 Å². The van der Waals surface area contributed by atoms with Gasteiger partial charge in [0.25, 0.3) is 0 Å². The maximum absolute atomic E-state index is 9.72. The number of piperidine rings is 1. The van der Waals surface area contributed by atoms with E-state index < -0.39 is 0 Å². The Balaban J connectivity index is 1.98. The number of nitrogens with zero attached hydrogens (tertiary/aromatic N) is 3. The fourth-order valence-corrected chi connectivity index (χ4v) is 2.77. The summed E-state index contributed by atoms with van der Waals surface area (Å²) in [5.41, 5.74) is 0. The van der Waals surface area contributed by atoms with Crippen molar-refractivity contribution in [1.29, 1.82) is 0 Å². The summed E-state index contributed by atoms with van der Waals surface area (Å²) in [4.78, 5) is 6.88. The Labute approximate surface area is 110 Å². The van der Waals surface area contributed by atoms with Gasteiger partial charge in [0.05, 0.1) is 12.6 Å². The molecule has 1 N–H and O–H groups in total. The molecule has 0 amide bonds. The molecule has 102 valence electrons. The van der Waals surface area contributed by atoms with E-state index in [1.54, 1.807) is 0 Å². The van der Waals surface area contributed by atoms with Crippen LogP contribution in [0.5, 0.6) is 0 Å². The standard InChI is InChI=1S/C14H25N3O/c1-11(2)17-8-6-15-14(17)10-16-7-4-5-13(9-16)12(3)18/h6,8,11-13,18H,4-5,7,9-10H2,1-3H3/t12-,13+/m0/s1. The van der Waals surface area contributed by atoms with Gasteiger partial charge in [0, 0.05) is 25.0 Å². The zero-order valence-electron chi connectivity index (χ0n) is 11.7. The second-order valence-electron chi connectivity index (χ2n) is 5.72. The summed E-state index contributed by atoms with van der Waals surface area (Å²) >= 11 is 0. The number of rotatable bonds is 4. The van der Waals surface area contributed by atoms with Gasteiger partial charge < -0.3 is 9.67 Å². The predicted octanol–water partition coefficient (Wildman–Crippen LogP) is 2.06. The van der Waals surface area contributed by atoms with Gasteiger partial charge in [-0.25, -0.2) is 4.98 Å². The molecule has 1 aliphatic rings. The summed E-state index contributed by atoms with van der Waals surface area (Å²) in [6.07, 6.45) is 6.06. The Morgan fingerprint density at radius 1 is 1.44 bits per heavy atom. The highest BCUT2D eigenvalue weighted by Gasteiger charge is 2.24. The second kappa shape index (κ2) is 5.85. The van der Waals surface area contributed by atoms with Crippen molar-refractivity contribution < 1.29 is 5.11 Å². The van der Waals surface area contributed by atoms with Gasteiger partial charge in [0.1, 0.15) is 5.82 Å². The van der Waals surface area contributed by atoms with Crippen LogP contribution in [0.4, 0.5) is 0 Å². The Bertz CT molecular complexity index is 373. The molecule has 1 fully saturated rings. The maximum Gasteiger partial charge on any atom is 0.123 e. The van der Waals surface area contributed by atoms with E-state index in [4.69, 9.17) is 0 Å². The smallest absolute Gasteiger partial charge is 0.123 e. The third kappa shape index (κ3) is 3.12. The number of aliphatic hydroxyl groups excluding tert-OH is 1. The molecule has 2 rings (SSSR count). The molecule has 0 radical (unpaired) electrons. The van der Waals surface area contributed by atoms with E-state index in [0.29, 0.717) is 12.0 Å². The van der Waals surface area contributed by atoms with Crippen LogP contribution in [0.25, 0.3) is 0 Å². The lowest BCUT2D eigenvalue weighted by molar-refractivity contribution is 0.0583. The van der Waals surface area contributed by atoms with Gasteiger partial charge in [-0.3, -0.25) is 4.90 Å². The average Bonchev–Trinajstić information content (AvgIpc) is 2.77. The summed E-state index contributed by atoms with van der Waals surface area (Å²) in [6, 6.07) is 0.458. The fourth-order valence-electron chi connectivity index (χ4n) is 2.77. The summed E-state index contributed by atoms with van der Waals surface area (Å²) in [5, 5.41) is 9.72. The summed E-state index contributed by atoms with van der Waals surface area (Å²) < 4.78 is 2.23. The van der Waals surface area contributed by atoms with Crippen molar-refractivity contribution in [3.05, 3.63) is 18.2 Å².